The topological polar surface area (TPSA) is 120 Å². The van der Waals surface area contributed by atoms with Gasteiger partial charge in [0.1, 0.15) is 11.9 Å². The van der Waals surface area contributed by atoms with E-state index in [0.717, 1.165) is 11.1 Å². The molecule has 0 spiro atoms. The third kappa shape index (κ3) is 7.36. The molecule has 0 aliphatic rings. The molecule has 216 valence electrons. The number of fused-ring (bicyclic) bond motifs is 1. The number of nitrogens with zero attached hydrogens (tertiary/aromatic N) is 4. The number of hydrogen-bond acceptors (Lipinski definition) is 7. The third-order valence-corrected chi connectivity index (χ3v) is 11.4. The van der Waals surface area contributed by atoms with Gasteiger partial charge in [-0.1, -0.05) is 32.9 Å². The number of anilines is 2. The zero-order valence-electron chi connectivity index (χ0n) is 24.9. The first-order valence-corrected chi connectivity index (χ1v) is 16.4. The molecule has 10 nitrogen and oxygen atoms in total. The van der Waals surface area contributed by atoms with Gasteiger partial charge in [0, 0.05) is 18.1 Å². The molecule has 0 radical (unpaired) electrons. The fourth-order valence-electron chi connectivity index (χ4n) is 3.78. The van der Waals surface area contributed by atoms with Gasteiger partial charge in [-0.05, 0) is 74.8 Å². The first-order valence-electron chi connectivity index (χ1n) is 13.5. The highest BCUT2D eigenvalue weighted by molar-refractivity contribution is 6.74. The Hall–Kier alpha value is -4.09. The number of benzene rings is 2. The third-order valence-electron chi connectivity index (χ3n) is 6.92. The van der Waals surface area contributed by atoms with Gasteiger partial charge in [0.25, 0.3) is 5.91 Å². The Bertz CT molecular complexity index is 1550. The lowest BCUT2D eigenvalue weighted by Gasteiger charge is -2.36. The summed E-state index contributed by atoms with van der Waals surface area (Å²) in [5.41, 5.74) is 3.34. The van der Waals surface area contributed by atoms with Crippen LogP contribution in [0.4, 0.5) is 16.4 Å². The van der Waals surface area contributed by atoms with E-state index in [9.17, 15) is 9.59 Å². The Morgan fingerprint density at radius 3 is 2.32 bits per heavy atom. The average Bonchev–Trinajstić information content (AvgIpc) is 3.23. The normalized spacial score (nSPS) is 12.3. The van der Waals surface area contributed by atoms with Crippen LogP contribution in [0.5, 0.6) is 0 Å². The number of imidazole rings is 1. The largest absolute Gasteiger partial charge is 0.444 e. The van der Waals surface area contributed by atoms with Crippen molar-refractivity contribution in [2.24, 2.45) is 0 Å². The molecule has 11 heteroatoms. The average molecular weight is 575 g/mol. The minimum Gasteiger partial charge on any atom is -0.444 e. The van der Waals surface area contributed by atoms with Gasteiger partial charge < -0.3 is 9.16 Å². The zero-order chi connectivity index (χ0) is 30.0. The van der Waals surface area contributed by atoms with Crippen molar-refractivity contribution < 1.29 is 18.8 Å². The number of rotatable bonds is 7. The van der Waals surface area contributed by atoms with Gasteiger partial charge in [-0.25, -0.2) is 19.7 Å². The number of nitrogens with one attached hydrogen (secondary N) is 2. The fourth-order valence-corrected chi connectivity index (χ4v) is 4.74. The molecule has 0 saturated carbocycles. The van der Waals surface area contributed by atoms with Crippen molar-refractivity contribution in [3.05, 3.63) is 72.3 Å². The van der Waals surface area contributed by atoms with E-state index < -0.39 is 25.9 Å². The predicted octanol–water partition coefficient (Wildman–Crippen LogP) is 6.94. The van der Waals surface area contributed by atoms with Crippen LogP contribution in [0, 0.1) is 0 Å². The van der Waals surface area contributed by atoms with E-state index in [-0.39, 0.29) is 5.04 Å². The Morgan fingerprint density at radius 1 is 0.951 bits per heavy atom. The predicted molar refractivity (Wildman–Crippen MR) is 163 cm³/mol. The van der Waals surface area contributed by atoms with Crippen LogP contribution < -0.4 is 10.6 Å². The van der Waals surface area contributed by atoms with Gasteiger partial charge in [0.2, 0.25) is 5.95 Å². The quantitative estimate of drug-likeness (QED) is 0.229. The molecule has 2 amide bonds. The molecule has 0 bridgehead atoms. The van der Waals surface area contributed by atoms with Gasteiger partial charge in [-0.15, -0.1) is 0 Å². The van der Waals surface area contributed by atoms with E-state index in [4.69, 9.17) is 14.1 Å². The van der Waals surface area contributed by atoms with Gasteiger partial charge in [0.15, 0.2) is 8.32 Å². The first-order chi connectivity index (χ1) is 19.1. The second kappa shape index (κ2) is 11.4. The summed E-state index contributed by atoms with van der Waals surface area (Å²) < 4.78 is 13.7. The van der Waals surface area contributed by atoms with Crippen LogP contribution >= 0.6 is 0 Å². The molecule has 2 heterocycles. The molecule has 0 aliphatic carbocycles. The Morgan fingerprint density at radius 2 is 1.66 bits per heavy atom. The second-order valence-corrected chi connectivity index (χ2v) is 17.2. The SMILES string of the molecule is CC(C)(C)OC(=O)Nc1cccc(-n2c(NC(=O)c3cncnc3)nc3cc(CO[Si](C)(C)C(C)(C)C)ccc32)c1. The molecular formula is C30H38N6O4Si. The fraction of sp³-hybridized carbons (Fsp3) is 0.367. The number of aromatic nitrogens is 4. The summed E-state index contributed by atoms with van der Waals surface area (Å²) in [6.07, 6.45) is 3.69. The molecule has 0 aliphatic heterocycles. The van der Waals surface area contributed by atoms with Crippen LogP contribution in [0.2, 0.25) is 18.1 Å². The summed E-state index contributed by atoms with van der Waals surface area (Å²) in [5, 5.41) is 5.77. The molecule has 4 aromatic rings. The minimum atomic E-state index is -1.95. The lowest BCUT2D eigenvalue weighted by Crippen LogP contribution is -2.40. The highest BCUT2D eigenvalue weighted by Crippen LogP contribution is 2.37. The summed E-state index contributed by atoms with van der Waals surface area (Å²) in [7, 11) is -1.95. The van der Waals surface area contributed by atoms with E-state index in [1.807, 2.05) is 34.9 Å². The summed E-state index contributed by atoms with van der Waals surface area (Å²) in [4.78, 5) is 38.1. The lowest BCUT2D eigenvalue weighted by molar-refractivity contribution is 0.0635. The molecular weight excluding hydrogens is 536 g/mol. The number of hydrogen-bond donors (Lipinski definition) is 2. The van der Waals surface area contributed by atoms with Crippen LogP contribution in [-0.2, 0) is 15.8 Å². The van der Waals surface area contributed by atoms with Crippen LogP contribution in [0.15, 0.2) is 61.2 Å². The minimum absolute atomic E-state index is 0.0929. The summed E-state index contributed by atoms with van der Waals surface area (Å²) in [5.74, 6) is -0.0857. The van der Waals surface area contributed by atoms with E-state index in [1.165, 1.54) is 18.7 Å². The lowest BCUT2D eigenvalue weighted by atomic mass is 10.2. The molecule has 2 N–H and O–H groups in total. The number of carbonyl (C=O) groups excluding carboxylic acids is 2. The van der Waals surface area contributed by atoms with Gasteiger partial charge in [0.05, 0.1) is 28.9 Å². The zero-order valence-corrected chi connectivity index (χ0v) is 25.9. The maximum Gasteiger partial charge on any atom is 0.412 e. The standard InChI is InChI=1S/C30H38N6O4Si/c1-29(2,3)40-28(38)33-22-10-9-11-23(15-22)36-25-13-12-20(18-39-41(7,8)30(4,5)6)14-24(25)34-27(36)35-26(37)21-16-31-19-32-17-21/h9-17,19H,18H2,1-8H3,(H,33,38)(H,34,35,37). The monoisotopic (exact) mass is 574 g/mol. The molecule has 0 saturated heterocycles. The van der Waals surface area contributed by atoms with Crippen molar-refractivity contribution in [1.29, 1.82) is 0 Å². The van der Waals surface area contributed by atoms with Gasteiger partial charge >= 0.3 is 6.09 Å². The molecule has 2 aromatic carbocycles. The van der Waals surface area contributed by atoms with Crippen LogP contribution in [0.25, 0.3) is 16.7 Å². The smallest absolute Gasteiger partial charge is 0.412 e. The van der Waals surface area contributed by atoms with Gasteiger partial charge in [-0.2, -0.15) is 0 Å². The summed E-state index contributed by atoms with van der Waals surface area (Å²) in [6.45, 7) is 17.0. The molecule has 0 atom stereocenters. The maximum atomic E-state index is 13.1. The maximum absolute atomic E-state index is 13.1. The van der Waals surface area contributed by atoms with Crippen molar-refractivity contribution in [2.45, 2.75) is 71.9 Å². The van der Waals surface area contributed by atoms with Crippen molar-refractivity contribution in [1.82, 2.24) is 19.5 Å². The second-order valence-electron chi connectivity index (χ2n) is 12.4. The van der Waals surface area contributed by atoms with Crippen molar-refractivity contribution in [2.75, 3.05) is 10.6 Å². The van der Waals surface area contributed by atoms with Crippen molar-refractivity contribution >= 4 is 43.0 Å². The number of ether oxygens (including phenoxy) is 1. The van der Waals surface area contributed by atoms with E-state index >= 15 is 0 Å². The molecule has 2 aromatic heterocycles. The Labute approximate surface area is 241 Å². The summed E-state index contributed by atoms with van der Waals surface area (Å²) in [6, 6.07) is 13.2. The number of carbonyl (C=O) groups is 2. The van der Waals surface area contributed by atoms with Crippen molar-refractivity contribution in [3.8, 4) is 5.69 Å². The molecule has 41 heavy (non-hydrogen) atoms. The molecule has 0 unspecified atom stereocenters. The first kappa shape index (κ1) is 29.9. The van der Waals surface area contributed by atoms with Gasteiger partial charge in [-0.3, -0.25) is 20.0 Å². The Balaban J connectivity index is 1.72. The van der Waals surface area contributed by atoms with Crippen LogP contribution in [-0.4, -0.2) is 45.4 Å². The molecule has 4 rings (SSSR count). The van der Waals surface area contributed by atoms with Crippen LogP contribution in [0.1, 0.15) is 57.5 Å². The van der Waals surface area contributed by atoms with E-state index in [2.05, 4.69) is 54.5 Å². The highest BCUT2D eigenvalue weighted by Gasteiger charge is 2.37. The van der Waals surface area contributed by atoms with Crippen LogP contribution in [0.3, 0.4) is 0 Å². The Kier molecular flexibility index (Phi) is 8.32. The van der Waals surface area contributed by atoms with E-state index in [0.29, 0.717) is 35.0 Å². The van der Waals surface area contributed by atoms with E-state index in [1.54, 1.807) is 32.9 Å². The van der Waals surface area contributed by atoms with Crippen molar-refractivity contribution in [3.63, 3.8) is 0 Å². The highest BCUT2D eigenvalue weighted by atomic mass is 28.4. The molecule has 0 fully saturated rings. The number of amides is 2. The summed E-state index contributed by atoms with van der Waals surface area (Å²) >= 11 is 0.